The van der Waals surface area contributed by atoms with Crippen molar-refractivity contribution in [1.82, 2.24) is 0 Å². The summed E-state index contributed by atoms with van der Waals surface area (Å²) in [5, 5.41) is 0. The van der Waals surface area contributed by atoms with E-state index in [9.17, 15) is 4.79 Å². The Balaban J connectivity index is 2.33. The predicted molar refractivity (Wildman–Crippen MR) is 60.3 cm³/mol. The van der Waals surface area contributed by atoms with E-state index in [1.807, 2.05) is 24.3 Å². The van der Waals surface area contributed by atoms with Gasteiger partial charge in [-0.1, -0.05) is 40.2 Å². The lowest BCUT2D eigenvalue weighted by atomic mass is 9.63. The fourth-order valence-corrected chi connectivity index (χ4v) is 2.24. The van der Waals surface area contributed by atoms with Crippen LogP contribution in [0.15, 0.2) is 40.9 Å². The van der Waals surface area contributed by atoms with Gasteiger partial charge in [0.1, 0.15) is 6.29 Å². The molecule has 14 heavy (non-hydrogen) atoms. The molecule has 0 aliphatic heterocycles. The molecule has 0 aromatic heterocycles. The summed E-state index contributed by atoms with van der Waals surface area (Å²) in [5.41, 5.74) is 1.99. The Kier molecular flexibility index (Phi) is 2.31. The fourth-order valence-electron chi connectivity index (χ4n) is 1.98. The van der Waals surface area contributed by atoms with E-state index in [1.54, 1.807) is 0 Å². The van der Waals surface area contributed by atoms with E-state index >= 15 is 0 Å². The minimum atomic E-state index is -0.280. The molecule has 0 saturated heterocycles. The van der Waals surface area contributed by atoms with Gasteiger partial charge in [-0.05, 0) is 30.5 Å². The highest BCUT2D eigenvalue weighted by Gasteiger charge is 2.40. The van der Waals surface area contributed by atoms with Gasteiger partial charge >= 0.3 is 0 Å². The molecule has 2 heteroatoms. The van der Waals surface area contributed by atoms with Crippen molar-refractivity contribution < 1.29 is 4.79 Å². The molecule has 1 aromatic carbocycles. The fraction of sp³-hybridized carbons (Fsp3) is 0.250. The Hall–Kier alpha value is -0.890. The molecule has 0 heterocycles. The maximum absolute atomic E-state index is 11.1. The second-order valence-corrected chi connectivity index (χ2v) is 4.80. The van der Waals surface area contributed by atoms with Crippen molar-refractivity contribution in [3.63, 3.8) is 0 Å². The number of benzene rings is 1. The molecule has 0 spiro atoms. The van der Waals surface area contributed by atoms with Crippen LogP contribution in [0.25, 0.3) is 0 Å². The van der Waals surface area contributed by atoms with Crippen LogP contribution in [0.3, 0.4) is 0 Å². The molecule has 1 saturated carbocycles. The van der Waals surface area contributed by atoms with Gasteiger partial charge in [-0.15, -0.1) is 0 Å². The highest BCUT2D eigenvalue weighted by atomic mass is 79.9. The largest absolute Gasteiger partial charge is 0.302 e. The highest BCUT2D eigenvalue weighted by molar-refractivity contribution is 9.10. The lowest BCUT2D eigenvalue weighted by Crippen LogP contribution is -2.37. The van der Waals surface area contributed by atoms with Crippen LogP contribution >= 0.6 is 15.9 Å². The molecular weight excluding hydrogens is 240 g/mol. The molecule has 72 valence electrons. The van der Waals surface area contributed by atoms with Crippen LogP contribution in [0.2, 0.25) is 0 Å². The Bertz CT molecular complexity index is 370. The minimum absolute atomic E-state index is 0.280. The Morgan fingerprint density at radius 3 is 2.29 bits per heavy atom. The van der Waals surface area contributed by atoms with E-state index in [4.69, 9.17) is 0 Å². The van der Waals surface area contributed by atoms with E-state index in [2.05, 4.69) is 22.5 Å². The molecule has 0 N–H and O–H groups in total. The van der Waals surface area contributed by atoms with E-state index in [0.717, 1.165) is 29.2 Å². The zero-order valence-corrected chi connectivity index (χ0v) is 9.38. The second-order valence-electron chi connectivity index (χ2n) is 3.88. The summed E-state index contributed by atoms with van der Waals surface area (Å²) in [5.74, 6) is 0. The number of allylic oxidation sites excluding steroid dienone is 1. The molecule has 1 aliphatic carbocycles. The summed E-state index contributed by atoms with van der Waals surface area (Å²) in [6.07, 6.45) is 2.67. The summed E-state index contributed by atoms with van der Waals surface area (Å²) < 4.78 is 1.04. The average molecular weight is 251 g/mol. The van der Waals surface area contributed by atoms with Crippen LogP contribution in [-0.4, -0.2) is 6.29 Å². The molecule has 0 radical (unpaired) electrons. The summed E-state index contributed by atoms with van der Waals surface area (Å²) >= 11 is 3.38. The van der Waals surface area contributed by atoms with Crippen LogP contribution in [0.1, 0.15) is 18.4 Å². The number of aldehydes is 1. The zero-order chi connectivity index (χ0) is 10.2. The van der Waals surface area contributed by atoms with Gasteiger partial charge in [0.05, 0.1) is 5.41 Å². The quantitative estimate of drug-likeness (QED) is 0.582. The van der Waals surface area contributed by atoms with Gasteiger partial charge in [-0.2, -0.15) is 0 Å². The number of carbonyl (C=O) groups is 1. The number of halogens is 1. The van der Waals surface area contributed by atoms with E-state index in [0.29, 0.717) is 0 Å². The zero-order valence-electron chi connectivity index (χ0n) is 7.79. The lowest BCUT2D eigenvalue weighted by Gasteiger charge is -2.39. The predicted octanol–water partition coefficient (Wildman–Crippen LogP) is 3.24. The van der Waals surface area contributed by atoms with Crippen molar-refractivity contribution in [3.05, 3.63) is 46.5 Å². The normalized spacial score (nSPS) is 18.8. The first kappa shape index (κ1) is 9.66. The third kappa shape index (κ3) is 1.44. The van der Waals surface area contributed by atoms with E-state index in [-0.39, 0.29) is 5.41 Å². The van der Waals surface area contributed by atoms with Gasteiger partial charge in [0.2, 0.25) is 0 Å². The number of hydrogen-bond donors (Lipinski definition) is 0. The molecule has 0 amide bonds. The van der Waals surface area contributed by atoms with Gasteiger partial charge in [0, 0.05) is 4.47 Å². The van der Waals surface area contributed by atoms with Crippen LogP contribution < -0.4 is 0 Å². The molecule has 0 atom stereocenters. The SMILES string of the molecule is C=C1CC(C=O)(c2ccc(Br)cc2)C1. The van der Waals surface area contributed by atoms with Gasteiger partial charge in [-0.25, -0.2) is 0 Å². The third-order valence-electron chi connectivity index (χ3n) is 2.78. The average Bonchev–Trinajstić information content (AvgIpc) is 2.14. The first-order chi connectivity index (χ1) is 6.66. The summed E-state index contributed by atoms with van der Waals surface area (Å²) in [6.45, 7) is 3.88. The van der Waals surface area contributed by atoms with Gasteiger partial charge in [-0.3, -0.25) is 0 Å². The maximum atomic E-state index is 11.1. The van der Waals surface area contributed by atoms with Crippen molar-refractivity contribution in [1.29, 1.82) is 0 Å². The summed E-state index contributed by atoms with van der Waals surface area (Å²) in [4.78, 5) is 11.1. The number of carbonyl (C=O) groups excluding carboxylic acids is 1. The first-order valence-corrected chi connectivity index (χ1v) is 5.35. The molecule has 1 fully saturated rings. The van der Waals surface area contributed by atoms with Crippen LogP contribution in [-0.2, 0) is 10.2 Å². The Morgan fingerprint density at radius 1 is 1.29 bits per heavy atom. The van der Waals surface area contributed by atoms with Gasteiger partial charge in [0.25, 0.3) is 0 Å². The summed E-state index contributed by atoms with van der Waals surface area (Å²) in [7, 11) is 0. The molecule has 0 bridgehead atoms. The first-order valence-electron chi connectivity index (χ1n) is 4.55. The highest BCUT2D eigenvalue weighted by Crippen LogP contribution is 2.45. The van der Waals surface area contributed by atoms with E-state index in [1.165, 1.54) is 5.57 Å². The van der Waals surface area contributed by atoms with E-state index < -0.39 is 0 Å². The van der Waals surface area contributed by atoms with Crippen molar-refractivity contribution >= 4 is 22.2 Å². The summed E-state index contributed by atoms with van der Waals surface area (Å²) in [6, 6.07) is 7.96. The number of rotatable bonds is 2. The van der Waals surface area contributed by atoms with Crippen molar-refractivity contribution in [2.75, 3.05) is 0 Å². The Morgan fingerprint density at radius 2 is 1.86 bits per heavy atom. The molecule has 1 aromatic rings. The monoisotopic (exact) mass is 250 g/mol. The molecular formula is C12H11BrO. The maximum Gasteiger partial charge on any atom is 0.131 e. The van der Waals surface area contributed by atoms with Gasteiger partial charge in [0.15, 0.2) is 0 Å². The standard InChI is InChI=1S/C12H11BrO/c1-9-6-12(7-9,8-14)10-2-4-11(13)5-3-10/h2-5,8H,1,6-7H2. The van der Waals surface area contributed by atoms with Crippen LogP contribution in [0, 0.1) is 0 Å². The second kappa shape index (κ2) is 3.35. The van der Waals surface area contributed by atoms with Crippen molar-refractivity contribution in [3.8, 4) is 0 Å². The van der Waals surface area contributed by atoms with Gasteiger partial charge < -0.3 is 4.79 Å². The molecule has 1 aliphatic rings. The smallest absolute Gasteiger partial charge is 0.131 e. The van der Waals surface area contributed by atoms with Crippen LogP contribution in [0.5, 0.6) is 0 Å². The molecule has 2 rings (SSSR count). The van der Waals surface area contributed by atoms with Crippen molar-refractivity contribution in [2.45, 2.75) is 18.3 Å². The van der Waals surface area contributed by atoms with Crippen molar-refractivity contribution in [2.24, 2.45) is 0 Å². The third-order valence-corrected chi connectivity index (χ3v) is 3.30. The minimum Gasteiger partial charge on any atom is -0.302 e. The van der Waals surface area contributed by atoms with Crippen LogP contribution in [0.4, 0.5) is 0 Å². The number of hydrogen-bond acceptors (Lipinski definition) is 1. The topological polar surface area (TPSA) is 17.1 Å². The Labute approximate surface area is 92.0 Å². The lowest BCUT2D eigenvalue weighted by molar-refractivity contribution is -0.113. The molecule has 0 unspecified atom stereocenters. The molecule has 1 nitrogen and oxygen atoms in total.